The highest BCUT2D eigenvalue weighted by molar-refractivity contribution is 5.91. The lowest BCUT2D eigenvalue weighted by Crippen LogP contribution is -2.23. The first-order valence-corrected chi connectivity index (χ1v) is 9.25. The van der Waals surface area contributed by atoms with E-state index in [1.165, 1.54) is 6.07 Å². The van der Waals surface area contributed by atoms with E-state index in [0.717, 1.165) is 44.8 Å². The largest absolute Gasteiger partial charge is 0.433 e. The van der Waals surface area contributed by atoms with Crippen LogP contribution in [-0.2, 0) is 15.7 Å². The van der Waals surface area contributed by atoms with Crippen LogP contribution < -0.4 is 5.32 Å². The summed E-state index contributed by atoms with van der Waals surface area (Å²) in [6, 6.07) is 2.25. The van der Waals surface area contributed by atoms with Crippen molar-refractivity contribution < 1.29 is 22.7 Å². The summed E-state index contributed by atoms with van der Waals surface area (Å²) < 4.78 is 46.1. The van der Waals surface area contributed by atoms with Crippen molar-refractivity contribution in [2.45, 2.75) is 50.7 Å². The summed E-state index contributed by atoms with van der Waals surface area (Å²) in [5, 5.41) is 2.78. The van der Waals surface area contributed by atoms with Crippen molar-refractivity contribution in [1.82, 2.24) is 14.5 Å². The number of ether oxygens (including phenoxy) is 1. The molecule has 1 aliphatic heterocycles. The number of hydrogen-bond acceptors (Lipinski definition) is 4. The van der Waals surface area contributed by atoms with E-state index in [9.17, 15) is 18.0 Å². The normalized spacial score (nSPS) is 20.8. The molecule has 1 amide bonds. The fourth-order valence-corrected chi connectivity index (χ4v) is 3.54. The van der Waals surface area contributed by atoms with Gasteiger partial charge < -0.3 is 4.74 Å². The molecule has 0 radical (unpaired) electrons. The van der Waals surface area contributed by atoms with Crippen molar-refractivity contribution in [3.05, 3.63) is 17.8 Å². The van der Waals surface area contributed by atoms with E-state index in [2.05, 4.69) is 15.3 Å². The quantitative estimate of drug-likeness (QED) is 0.851. The van der Waals surface area contributed by atoms with Gasteiger partial charge in [0.25, 0.3) is 0 Å². The predicted molar refractivity (Wildman–Crippen MR) is 92.2 cm³/mol. The minimum atomic E-state index is -4.52. The maximum atomic E-state index is 13.0. The van der Waals surface area contributed by atoms with Crippen molar-refractivity contribution in [3.63, 3.8) is 0 Å². The van der Waals surface area contributed by atoms with Crippen LogP contribution in [0.3, 0.4) is 0 Å². The topological polar surface area (TPSA) is 69.0 Å². The van der Waals surface area contributed by atoms with Crippen LogP contribution in [0.25, 0.3) is 11.2 Å². The van der Waals surface area contributed by atoms with Crippen molar-refractivity contribution in [2.75, 3.05) is 18.5 Å². The van der Waals surface area contributed by atoms with Crippen molar-refractivity contribution in [3.8, 4) is 0 Å². The molecule has 2 aliphatic rings. The van der Waals surface area contributed by atoms with Gasteiger partial charge in [-0.1, -0.05) is 0 Å². The Hall–Kier alpha value is -2.16. The molecule has 0 spiro atoms. The Morgan fingerprint density at radius 1 is 1.26 bits per heavy atom. The fourth-order valence-electron chi connectivity index (χ4n) is 3.54. The lowest BCUT2D eigenvalue weighted by Gasteiger charge is -2.28. The highest BCUT2D eigenvalue weighted by Gasteiger charge is 2.34. The van der Waals surface area contributed by atoms with Crippen LogP contribution in [0, 0.1) is 5.92 Å². The van der Waals surface area contributed by atoms with Gasteiger partial charge in [0.05, 0.1) is 0 Å². The van der Waals surface area contributed by atoms with E-state index in [1.807, 2.05) is 0 Å². The van der Waals surface area contributed by atoms with E-state index < -0.39 is 11.9 Å². The van der Waals surface area contributed by atoms with E-state index in [-0.39, 0.29) is 23.5 Å². The number of rotatable bonds is 5. The molecule has 9 heteroatoms. The highest BCUT2D eigenvalue weighted by Crippen LogP contribution is 2.38. The van der Waals surface area contributed by atoms with Crippen LogP contribution in [0.2, 0.25) is 0 Å². The molecule has 1 saturated carbocycles. The Morgan fingerprint density at radius 3 is 2.70 bits per heavy atom. The van der Waals surface area contributed by atoms with Crippen LogP contribution in [0.1, 0.15) is 50.3 Å². The molecule has 2 aromatic heterocycles. The van der Waals surface area contributed by atoms with Crippen molar-refractivity contribution in [1.29, 1.82) is 0 Å². The molecular weight excluding hydrogens is 361 g/mol. The van der Waals surface area contributed by atoms with Crippen molar-refractivity contribution >= 4 is 23.0 Å². The minimum Gasteiger partial charge on any atom is -0.381 e. The minimum absolute atomic E-state index is 0.0181. The van der Waals surface area contributed by atoms with Gasteiger partial charge in [-0.3, -0.25) is 14.7 Å². The zero-order valence-corrected chi connectivity index (χ0v) is 14.8. The number of carbonyl (C=O) groups excluding carboxylic acids is 1. The first-order valence-electron chi connectivity index (χ1n) is 9.25. The number of fused-ring (bicyclic) bond motifs is 1. The zero-order valence-electron chi connectivity index (χ0n) is 14.8. The molecule has 27 heavy (non-hydrogen) atoms. The Morgan fingerprint density at radius 2 is 2.07 bits per heavy atom. The molecule has 6 nitrogen and oxygen atoms in total. The molecule has 1 N–H and O–H groups in total. The van der Waals surface area contributed by atoms with Crippen LogP contribution in [0.5, 0.6) is 0 Å². The summed E-state index contributed by atoms with van der Waals surface area (Å²) in [6.45, 7) is 1.41. The first-order chi connectivity index (χ1) is 12.9. The molecule has 146 valence electrons. The number of alkyl halides is 3. The molecule has 1 atom stereocenters. The molecule has 1 saturated heterocycles. The molecule has 2 aromatic rings. The van der Waals surface area contributed by atoms with Crippen LogP contribution in [0.4, 0.5) is 19.1 Å². The number of aromatic nitrogens is 3. The fraction of sp³-hybridized carbons (Fsp3) is 0.611. The average Bonchev–Trinajstić information content (AvgIpc) is 3.19. The molecule has 4 rings (SSSR count). The smallest absolute Gasteiger partial charge is 0.381 e. The molecule has 1 aliphatic carbocycles. The highest BCUT2D eigenvalue weighted by atomic mass is 19.4. The lowest BCUT2D eigenvalue weighted by atomic mass is 9.93. The van der Waals surface area contributed by atoms with Crippen LogP contribution in [-0.4, -0.2) is 33.7 Å². The summed E-state index contributed by atoms with van der Waals surface area (Å²) in [5.74, 6) is 0.486. The Bertz CT molecular complexity index is 839. The standard InChI is InChI=1S/C18H21F3N4O2/c19-18(20,21)14-6-5-13-16(23-14)25(12-2-1-3-12)17(22-13)24-15(26)7-4-11-8-9-27-10-11/h5-6,11-12H,1-4,7-10H2,(H,22,24,26). The first kappa shape index (κ1) is 18.2. The third kappa shape index (κ3) is 3.78. The number of hydrogen-bond donors (Lipinski definition) is 1. The third-order valence-corrected chi connectivity index (χ3v) is 5.32. The number of nitrogens with zero attached hydrogens (tertiary/aromatic N) is 3. The second-order valence-corrected chi connectivity index (χ2v) is 7.24. The number of amides is 1. The van der Waals surface area contributed by atoms with Gasteiger partial charge in [-0.2, -0.15) is 13.2 Å². The third-order valence-electron chi connectivity index (χ3n) is 5.32. The lowest BCUT2D eigenvalue weighted by molar-refractivity contribution is -0.141. The number of anilines is 1. The van der Waals surface area contributed by atoms with E-state index in [0.29, 0.717) is 24.5 Å². The van der Waals surface area contributed by atoms with Gasteiger partial charge in [-0.05, 0) is 50.2 Å². The number of pyridine rings is 1. The summed E-state index contributed by atoms with van der Waals surface area (Å²) in [7, 11) is 0. The predicted octanol–water partition coefficient (Wildman–Crippen LogP) is 3.93. The number of imidazole rings is 1. The van der Waals surface area contributed by atoms with E-state index in [4.69, 9.17) is 4.74 Å². The zero-order chi connectivity index (χ0) is 19.0. The Balaban J connectivity index is 1.58. The van der Waals surface area contributed by atoms with Gasteiger partial charge in [-0.15, -0.1) is 0 Å². The molecule has 0 aromatic carbocycles. The second-order valence-electron chi connectivity index (χ2n) is 7.24. The summed E-state index contributed by atoms with van der Waals surface area (Å²) >= 11 is 0. The molecular formula is C18H21F3N4O2. The van der Waals surface area contributed by atoms with Gasteiger partial charge in [-0.25, -0.2) is 9.97 Å². The second kappa shape index (κ2) is 7.10. The maximum absolute atomic E-state index is 13.0. The summed E-state index contributed by atoms with van der Waals surface area (Å²) in [5.41, 5.74) is -0.419. The number of nitrogens with one attached hydrogen (secondary N) is 1. The van der Waals surface area contributed by atoms with Gasteiger partial charge >= 0.3 is 6.18 Å². The summed E-state index contributed by atoms with van der Waals surface area (Å²) in [4.78, 5) is 20.5. The van der Waals surface area contributed by atoms with Crippen molar-refractivity contribution in [2.24, 2.45) is 5.92 Å². The SMILES string of the molecule is O=C(CCC1CCOC1)Nc1nc2ccc(C(F)(F)F)nc2n1C1CCC1. The Kier molecular flexibility index (Phi) is 4.79. The molecule has 0 bridgehead atoms. The van der Waals surface area contributed by atoms with Gasteiger partial charge in [0.1, 0.15) is 11.2 Å². The molecule has 3 heterocycles. The number of halogens is 3. The molecule has 1 unspecified atom stereocenters. The van der Waals surface area contributed by atoms with Gasteiger partial charge in [0, 0.05) is 25.7 Å². The monoisotopic (exact) mass is 382 g/mol. The van der Waals surface area contributed by atoms with Crippen LogP contribution in [0.15, 0.2) is 12.1 Å². The molecule has 2 fully saturated rings. The van der Waals surface area contributed by atoms with Gasteiger partial charge in [0.15, 0.2) is 5.65 Å². The summed E-state index contributed by atoms with van der Waals surface area (Å²) in [6.07, 6.45) is 0.179. The maximum Gasteiger partial charge on any atom is 0.433 e. The van der Waals surface area contributed by atoms with E-state index in [1.54, 1.807) is 4.57 Å². The van der Waals surface area contributed by atoms with Gasteiger partial charge in [0.2, 0.25) is 11.9 Å². The Labute approximate surface area is 154 Å². The van der Waals surface area contributed by atoms with E-state index >= 15 is 0 Å². The number of carbonyl (C=O) groups is 1. The van der Waals surface area contributed by atoms with Crippen LogP contribution >= 0.6 is 0 Å². The average molecular weight is 382 g/mol.